The first-order chi connectivity index (χ1) is 3.91. The Labute approximate surface area is 51.0 Å². The van der Waals surface area contributed by atoms with Gasteiger partial charge in [-0.1, -0.05) is 0 Å². The second kappa shape index (κ2) is 6.52. The van der Waals surface area contributed by atoms with E-state index in [-0.39, 0.29) is 0 Å². The highest BCUT2D eigenvalue weighted by Gasteiger charge is 1.81. The molecule has 0 heterocycles. The van der Waals surface area contributed by atoms with Crippen molar-refractivity contribution in [2.45, 2.75) is 19.8 Å². The maximum Gasteiger partial charge on any atom is 0.0805 e. The zero-order chi connectivity index (χ0) is 6.24. The molecule has 8 heavy (non-hydrogen) atoms. The minimum atomic E-state index is 0.751. The van der Waals surface area contributed by atoms with Gasteiger partial charge in [-0.15, -0.1) is 12.3 Å². The fraction of sp³-hybridized carbons (Fsp3) is 0.571. The summed E-state index contributed by atoms with van der Waals surface area (Å²) in [6.07, 6.45) is 6.77. The Bertz CT molecular complexity index is 70.9. The van der Waals surface area contributed by atoms with Crippen molar-refractivity contribution in [3.63, 3.8) is 0 Å². The summed E-state index contributed by atoms with van der Waals surface area (Å²) in [5, 5.41) is 0. The average Bonchev–Trinajstić information content (AvgIpc) is 1.81. The Balaban J connectivity index is 2.65. The Morgan fingerprint density at radius 2 is 2.50 bits per heavy atom. The number of terminal acetylenes is 1. The van der Waals surface area contributed by atoms with Crippen LogP contribution in [0.1, 0.15) is 19.8 Å². The number of unbranched alkanes of at least 4 members (excludes halogenated alkanes) is 1. The van der Waals surface area contributed by atoms with E-state index in [4.69, 9.17) is 11.2 Å². The van der Waals surface area contributed by atoms with Crippen LogP contribution in [0, 0.1) is 19.0 Å². The molecule has 0 fully saturated rings. The van der Waals surface area contributed by atoms with Crippen LogP contribution in [0.4, 0.5) is 0 Å². The molecule has 0 rings (SSSR count). The Morgan fingerprint density at radius 3 is 3.00 bits per heavy atom. The SMILES string of the molecule is C#CCCCO[CH]C. The van der Waals surface area contributed by atoms with E-state index in [1.165, 1.54) is 0 Å². The molecular weight excluding hydrogens is 100 g/mol. The van der Waals surface area contributed by atoms with Crippen LogP contribution in [0.2, 0.25) is 0 Å². The smallest absolute Gasteiger partial charge is 0.0805 e. The van der Waals surface area contributed by atoms with Crippen molar-refractivity contribution in [3.05, 3.63) is 6.61 Å². The standard InChI is InChI=1S/C7H11O/c1-3-5-6-7-8-4-2/h1,4H,5-7H2,2H3. The van der Waals surface area contributed by atoms with Crippen LogP contribution in [0.25, 0.3) is 0 Å². The van der Waals surface area contributed by atoms with E-state index in [9.17, 15) is 0 Å². The van der Waals surface area contributed by atoms with E-state index in [1.807, 2.05) is 6.92 Å². The second-order valence-electron chi connectivity index (χ2n) is 1.41. The zero-order valence-electron chi connectivity index (χ0n) is 5.18. The normalized spacial score (nSPS) is 8.50. The van der Waals surface area contributed by atoms with Gasteiger partial charge in [0.1, 0.15) is 0 Å². The first kappa shape index (κ1) is 7.52. The molecule has 0 N–H and O–H groups in total. The van der Waals surface area contributed by atoms with Crippen molar-refractivity contribution < 1.29 is 4.74 Å². The molecule has 0 unspecified atom stereocenters. The van der Waals surface area contributed by atoms with Crippen LogP contribution < -0.4 is 0 Å². The fourth-order valence-corrected chi connectivity index (χ4v) is 0.375. The van der Waals surface area contributed by atoms with Gasteiger partial charge in [-0.3, -0.25) is 0 Å². The third-order valence-electron chi connectivity index (χ3n) is 0.750. The van der Waals surface area contributed by atoms with E-state index in [0.29, 0.717) is 0 Å². The van der Waals surface area contributed by atoms with Crippen LogP contribution in [0.5, 0.6) is 0 Å². The lowest BCUT2D eigenvalue weighted by molar-refractivity contribution is 0.202. The summed E-state index contributed by atoms with van der Waals surface area (Å²) >= 11 is 0. The minimum Gasteiger partial charge on any atom is -0.376 e. The fourth-order valence-electron chi connectivity index (χ4n) is 0.375. The molecule has 0 atom stereocenters. The van der Waals surface area contributed by atoms with E-state index in [2.05, 4.69) is 5.92 Å². The van der Waals surface area contributed by atoms with E-state index < -0.39 is 0 Å². The summed E-state index contributed by atoms with van der Waals surface area (Å²) in [7, 11) is 0. The number of hydrogen-bond donors (Lipinski definition) is 0. The Morgan fingerprint density at radius 1 is 1.75 bits per heavy atom. The van der Waals surface area contributed by atoms with E-state index in [1.54, 1.807) is 6.61 Å². The summed E-state index contributed by atoms with van der Waals surface area (Å²) in [5.41, 5.74) is 0. The average molecular weight is 111 g/mol. The maximum absolute atomic E-state index is 4.99. The molecule has 0 bridgehead atoms. The Hall–Kier alpha value is -0.480. The van der Waals surface area contributed by atoms with Gasteiger partial charge >= 0.3 is 0 Å². The maximum atomic E-state index is 4.99. The highest BCUT2D eigenvalue weighted by atomic mass is 16.5. The van der Waals surface area contributed by atoms with Crippen LogP contribution in [0.3, 0.4) is 0 Å². The Kier molecular flexibility index (Phi) is 6.13. The van der Waals surface area contributed by atoms with Gasteiger partial charge in [0, 0.05) is 13.0 Å². The molecule has 0 aromatic heterocycles. The van der Waals surface area contributed by atoms with Gasteiger partial charge in [0.15, 0.2) is 0 Å². The summed E-state index contributed by atoms with van der Waals surface area (Å²) in [5.74, 6) is 2.53. The van der Waals surface area contributed by atoms with Crippen molar-refractivity contribution in [1.82, 2.24) is 0 Å². The minimum absolute atomic E-state index is 0.751. The lowest BCUT2D eigenvalue weighted by atomic mass is 10.3. The van der Waals surface area contributed by atoms with Gasteiger partial charge in [-0.2, -0.15) is 0 Å². The quantitative estimate of drug-likeness (QED) is 0.395. The van der Waals surface area contributed by atoms with Gasteiger partial charge in [-0.25, -0.2) is 0 Å². The predicted molar refractivity (Wildman–Crippen MR) is 34.0 cm³/mol. The molecule has 1 radical (unpaired) electrons. The van der Waals surface area contributed by atoms with Crippen molar-refractivity contribution in [1.29, 1.82) is 0 Å². The molecule has 0 aromatic carbocycles. The topological polar surface area (TPSA) is 9.23 Å². The van der Waals surface area contributed by atoms with Crippen LogP contribution in [-0.2, 0) is 4.74 Å². The van der Waals surface area contributed by atoms with E-state index in [0.717, 1.165) is 19.4 Å². The second-order valence-corrected chi connectivity index (χ2v) is 1.41. The molecule has 0 aliphatic carbocycles. The van der Waals surface area contributed by atoms with Gasteiger partial charge < -0.3 is 4.74 Å². The van der Waals surface area contributed by atoms with Crippen LogP contribution >= 0.6 is 0 Å². The van der Waals surface area contributed by atoms with Crippen molar-refractivity contribution in [2.75, 3.05) is 6.61 Å². The number of rotatable bonds is 4. The third-order valence-corrected chi connectivity index (χ3v) is 0.750. The zero-order valence-corrected chi connectivity index (χ0v) is 5.18. The van der Waals surface area contributed by atoms with Gasteiger partial charge in [0.2, 0.25) is 0 Å². The van der Waals surface area contributed by atoms with Crippen molar-refractivity contribution in [2.24, 2.45) is 0 Å². The van der Waals surface area contributed by atoms with Crippen molar-refractivity contribution in [3.8, 4) is 12.3 Å². The molecule has 0 spiro atoms. The lowest BCUT2D eigenvalue weighted by Gasteiger charge is -1.93. The number of ether oxygens (including phenoxy) is 1. The third kappa shape index (κ3) is 5.52. The monoisotopic (exact) mass is 111 g/mol. The molecule has 1 heteroatoms. The highest BCUT2D eigenvalue weighted by molar-refractivity contribution is 4.82. The van der Waals surface area contributed by atoms with Crippen molar-refractivity contribution >= 4 is 0 Å². The molecule has 0 saturated carbocycles. The predicted octanol–water partition coefficient (Wildman–Crippen LogP) is 1.60. The highest BCUT2D eigenvalue weighted by Crippen LogP contribution is 1.88. The first-order valence-corrected chi connectivity index (χ1v) is 2.74. The molecule has 45 valence electrons. The lowest BCUT2D eigenvalue weighted by Crippen LogP contribution is -1.87. The van der Waals surface area contributed by atoms with Crippen LogP contribution in [-0.4, -0.2) is 6.61 Å². The summed E-state index contributed by atoms with van der Waals surface area (Å²) in [6.45, 7) is 4.28. The first-order valence-electron chi connectivity index (χ1n) is 2.74. The van der Waals surface area contributed by atoms with E-state index >= 15 is 0 Å². The summed E-state index contributed by atoms with van der Waals surface area (Å²) in [6, 6.07) is 0. The van der Waals surface area contributed by atoms with Gasteiger partial charge in [0.05, 0.1) is 6.61 Å². The summed E-state index contributed by atoms with van der Waals surface area (Å²) in [4.78, 5) is 0. The molecule has 0 amide bonds. The van der Waals surface area contributed by atoms with Gasteiger partial charge in [-0.05, 0) is 13.3 Å². The molecule has 0 aliphatic rings. The number of hydrogen-bond acceptors (Lipinski definition) is 1. The molecular formula is C7H11O. The van der Waals surface area contributed by atoms with Crippen LogP contribution in [0.15, 0.2) is 0 Å². The largest absolute Gasteiger partial charge is 0.376 e. The molecule has 0 saturated heterocycles. The molecule has 1 nitrogen and oxygen atoms in total. The van der Waals surface area contributed by atoms with Gasteiger partial charge in [0.25, 0.3) is 0 Å². The molecule has 0 aromatic rings. The molecule has 0 aliphatic heterocycles. The summed E-state index contributed by atoms with van der Waals surface area (Å²) < 4.78 is 4.92.